The third-order valence-electron chi connectivity index (χ3n) is 23.5. The molecule has 538 valence electrons. The summed E-state index contributed by atoms with van der Waals surface area (Å²) in [5, 5.41) is 24.3. The van der Waals surface area contributed by atoms with Gasteiger partial charge < -0.3 is 51.5 Å². The van der Waals surface area contributed by atoms with Crippen molar-refractivity contribution < 1.29 is 18.0 Å². The summed E-state index contributed by atoms with van der Waals surface area (Å²) in [6.45, 7) is 30.7. The van der Waals surface area contributed by atoms with Crippen LogP contribution in [-0.2, 0) is 17.4 Å². The number of hydrogen-bond donors (Lipinski definition) is 6. The Balaban J connectivity index is 1.12. The zero-order valence-electron chi connectivity index (χ0n) is 61.3. The maximum Gasteiger partial charge on any atom is 0.417 e. The summed E-state index contributed by atoms with van der Waals surface area (Å²) in [5.41, 5.74) is 3.53. The van der Waals surface area contributed by atoms with Crippen molar-refractivity contribution in [1.29, 1.82) is 0 Å². The fourth-order valence-corrected chi connectivity index (χ4v) is 18.2. The second-order valence-corrected chi connectivity index (χ2v) is 32.0. The molecule has 1 aromatic rings. The van der Waals surface area contributed by atoms with Crippen molar-refractivity contribution in [2.24, 2.45) is 40.5 Å². The number of nitrogens with one attached hydrogen (secondary N) is 6. The number of carbonyl (C=O) groups is 1. The van der Waals surface area contributed by atoms with Crippen LogP contribution in [0, 0.1) is 35.5 Å². The van der Waals surface area contributed by atoms with Crippen LogP contribution in [0.3, 0.4) is 0 Å². The lowest BCUT2D eigenvalue weighted by atomic mass is 9.74. The summed E-state index contributed by atoms with van der Waals surface area (Å²) < 4.78 is 41.3. The van der Waals surface area contributed by atoms with Crippen molar-refractivity contribution in [3.8, 4) is 0 Å². The number of aryl methyl sites for hydroxylation is 1. The molecule has 0 radical (unpaired) electrons. The highest BCUT2D eigenvalue weighted by Crippen LogP contribution is 2.42. The highest BCUT2D eigenvalue weighted by Gasteiger charge is 2.55. The zero-order chi connectivity index (χ0) is 68.2. The number of halogens is 4. The number of likely N-dealkylation sites (tertiary alicyclic amines) is 1. The Morgan fingerprint density at radius 2 is 1.49 bits per heavy atom. The Morgan fingerprint density at radius 3 is 2.16 bits per heavy atom. The van der Waals surface area contributed by atoms with Crippen LogP contribution in [-0.4, -0.2) is 163 Å². The van der Waals surface area contributed by atoms with E-state index >= 15 is 0 Å². The molecule has 0 aromatic heterocycles. The zero-order valence-corrected chi connectivity index (χ0v) is 62.1. The van der Waals surface area contributed by atoms with Crippen LogP contribution >= 0.6 is 11.6 Å². The van der Waals surface area contributed by atoms with E-state index in [0.29, 0.717) is 61.0 Å². The summed E-state index contributed by atoms with van der Waals surface area (Å²) in [5.74, 6) is 3.03. The van der Waals surface area contributed by atoms with E-state index in [4.69, 9.17) is 16.6 Å². The van der Waals surface area contributed by atoms with Gasteiger partial charge in [-0.25, -0.2) is 0 Å². The van der Waals surface area contributed by atoms with Gasteiger partial charge in [-0.1, -0.05) is 143 Å². The van der Waals surface area contributed by atoms with Gasteiger partial charge in [0, 0.05) is 168 Å². The van der Waals surface area contributed by atoms with Crippen molar-refractivity contribution >= 4 is 23.7 Å². The number of allylic oxidation sites excluding steroid dienone is 4. The van der Waals surface area contributed by atoms with Gasteiger partial charge in [0.25, 0.3) is 0 Å². The van der Waals surface area contributed by atoms with E-state index in [1.165, 1.54) is 113 Å². The molecule has 0 bridgehead atoms. The summed E-state index contributed by atoms with van der Waals surface area (Å²) >= 11 is 6.24. The van der Waals surface area contributed by atoms with E-state index in [1.807, 2.05) is 18.5 Å². The van der Waals surface area contributed by atoms with Crippen molar-refractivity contribution in [3.05, 3.63) is 82.3 Å². The Hall–Kier alpha value is -3.64. The standard InChI is InChI=1S/C78H132ClF3N12O/c1-13-57(6)71-50-87-70(46-55(2)3)58(7)86-51-73-74(76(95)92-42-23-16-24-43-92)61(10)94(73)75(56(4)5)60(9)89-77(36-21-22-37-77)54-84-40-39-83-38-35-65(33-31-64-32-34-68(69(79)48-64)78(80,81)82)85-41-45-90(11)52-67(47-62-26-17-14-18-27-62)91(12)53-66-30-25-44-93(66)72(59(8)88-71)49-63-28-19-15-20-29-63/h32,34-35,38,41,45,48,52-53,55-63,70-75,84-89H,13-31,33,36-37,39-40,42-44,46-47,49-51,54H2,1-12H3/t57-,58?,59?,60?,61?,70-,71+,72-,73?,74-,75-/m0/s1. The summed E-state index contributed by atoms with van der Waals surface area (Å²) in [4.78, 5) is 32.2. The van der Waals surface area contributed by atoms with Crippen molar-refractivity contribution in [3.63, 3.8) is 0 Å². The van der Waals surface area contributed by atoms with E-state index < -0.39 is 11.7 Å². The van der Waals surface area contributed by atoms with Crippen LogP contribution in [0.25, 0.3) is 0 Å². The first kappa shape index (κ1) is 77.1. The molecule has 95 heavy (non-hydrogen) atoms. The maximum atomic E-state index is 14.9. The molecule has 5 unspecified atom stereocenters. The largest absolute Gasteiger partial charge is 0.417 e. The summed E-state index contributed by atoms with van der Waals surface area (Å²) in [6.07, 6.45) is 37.0. The molecule has 4 heterocycles. The van der Waals surface area contributed by atoms with Crippen LogP contribution in [0.15, 0.2) is 71.2 Å². The molecule has 1 amide bonds. The predicted octanol–water partition coefficient (Wildman–Crippen LogP) is 15.3. The molecule has 8 rings (SSSR count). The molecule has 1 aromatic carbocycles. The van der Waals surface area contributed by atoms with Crippen molar-refractivity contribution in [2.45, 2.75) is 296 Å². The first-order valence-corrected chi connectivity index (χ1v) is 38.8. The first-order chi connectivity index (χ1) is 45.5. The average molecular weight is 1350 g/mol. The number of carbonyl (C=O) groups excluding carboxylic acids is 1. The molecule has 3 saturated carbocycles. The normalized spacial score (nSPS) is 30.1. The van der Waals surface area contributed by atoms with Gasteiger partial charge in [0.2, 0.25) is 5.91 Å². The topological polar surface area (TPSA) is 118 Å². The molecule has 3 aliphatic carbocycles. The van der Waals surface area contributed by atoms with Gasteiger partial charge in [0.1, 0.15) is 0 Å². The lowest BCUT2D eigenvalue weighted by molar-refractivity contribution is -0.162. The summed E-state index contributed by atoms with van der Waals surface area (Å²) in [6, 6.07) is 6.11. The van der Waals surface area contributed by atoms with Crippen LogP contribution < -0.4 is 31.9 Å². The number of hydrogen-bond acceptors (Lipinski definition) is 12. The fourth-order valence-electron chi connectivity index (χ4n) is 17.9. The minimum atomic E-state index is -4.51. The second kappa shape index (κ2) is 37.7. The highest BCUT2D eigenvalue weighted by atomic mass is 35.5. The molecule has 13 nitrogen and oxygen atoms in total. The fraction of sp³-hybridized carbons (Fsp3) is 0.795. The van der Waals surface area contributed by atoms with Gasteiger partial charge in [0.05, 0.1) is 23.0 Å². The number of amides is 1. The summed E-state index contributed by atoms with van der Waals surface area (Å²) in [7, 11) is 4.39. The van der Waals surface area contributed by atoms with E-state index in [0.717, 1.165) is 127 Å². The van der Waals surface area contributed by atoms with Crippen LogP contribution in [0.5, 0.6) is 0 Å². The average Bonchev–Trinajstić information content (AvgIpc) is 0.982. The van der Waals surface area contributed by atoms with E-state index in [1.54, 1.807) is 0 Å². The molecular formula is C78H132ClF3N12O. The number of benzene rings is 1. The van der Waals surface area contributed by atoms with E-state index in [2.05, 4.69) is 158 Å². The quantitative estimate of drug-likeness (QED) is 0.113. The Morgan fingerprint density at radius 1 is 0.800 bits per heavy atom. The minimum Gasteiger partial charge on any atom is -0.369 e. The number of fused-ring (bicyclic) bond motifs is 2. The van der Waals surface area contributed by atoms with Gasteiger partial charge in [-0.15, -0.1) is 0 Å². The van der Waals surface area contributed by atoms with Gasteiger partial charge in [-0.2, -0.15) is 13.2 Å². The molecule has 11 atom stereocenters. The van der Waals surface area contributed by atoms with Crippen LogP contribution in [0.1, 0.15) is 234 Å². The number of alkyl halides is 3. The highest BCUT2D eigenvalue weighted by molar-refractivity contribution is 6.31. The lowest BCUT2D eigenvalue weighted by Crippen LogP contribution is -2.76. The van der Waals surface area contributed by atoms with Gasteiger partial charge in [0.15, 0.2) is 0 Å². The molecule has 17 heteroatoms. The number of piperidine rings is 1. The Bertz CT molecular complexity index is 2620. The van der Waals surface area contributed by atoms with Crippen molar-refractivity contribution in [2.75, 3.05) is 66.5 Å². The number of rotatable bonds is 13. The monoisotopic (exact) mass is 1350 g/mol. The number of nitrogens with zero attached hydrogens (tertiary/aromatic N) is 6. The third kappa shape index (κ3) is 22.4. The molecule has 3 saturated heterocycles. The first-order valence-electron chi connectivity index (χ1n) is 38.4. The second-order valence-electron chi connectivity index (χ2n) is 31.6. The van der Waals surface area contributed by atoms with E-state index in [-0.39, 0.29) is 58.8 Å². The molecular weight excluding hydrogens is 1210 g/mol. The van der Waals surface area contributed by atoms with Gasteiger partial charge >= 0.3 is 6.18 Å². The lowest BCUT2D eigenvalue weighted by Gasteiger charge is -2.60. The molecule has 7 aliphatic rings. The molecule has 6 fully saturated rings. The smallest absolute Gasteiger partial charge is 0.369 e. The van der Waals surface area contributed by atoms with Gasteiger partial charge in [-0.3, -0.25) is 14.7 Å². The molecule has 6 N–H and O–H groups in total. The maximum absolute atomic E-state index is 14.9. The minimum absolute atomic E-state index is 0.0504. The van der Waals surface area contributed by atoms with Crippen molar-refractivity contribution in [1.82, 2.24) is 56.4 Å². The van der Waals surface area contributed by atoms with Crippen LogP contribution in [0.4, 0.5) is 13.2 Å². The number of aliphatic imine (C=N–C) groups is 1. The van der Waals surface area contributed by atoms with Gasteiger partial charge in [-0.05, 0) is 158 Å². The van der Waals surface area contributed by atoms with E-state index in [9.17, 15) is 18.0 Å². The Labute approximate surface area is 580 Å². The third-order valence-corrected chi connectivity index (χ3v) is 23.8. The molecule has 1 spiro atoms. The predicted molar refractivity (Wildman–Crippen MR) is 391 cm³/mol. The Kier molecular flexibility index (Phi) is 30.6. The SMILES string of the molecule is CC[C@H](C)[C@H]1CN[C@@H](CC(C)C)C(C)NCC2[C@@H](C(=O)N3CCCCC3)C(C)N2[C@@H](C(C)C)C(C)NC2(CCCC2)CNCCN=CC=C(CCc2ccc(C(F)(F)F)c(Cl)c2)NC=CN(C)C=C(CC2CCCCC2)N(C)C=C2CCCN2[C@@H](CC2CCCCC2)C(C)N1. The molecule has 4 aliphatic heterocycles. The van der Waals surface area contributed by atoms with Crippen LogP contribution in [0.2, 0.25) is 5.02 Å².